The molecule has 0 atom stereocenters. The normalized spacial score (nSPS) is 18.5. The first-order chi connectivity index (χ1) is 5.46. The van der Waals surface area contributed by atoms with Crippen molar-refractivity contribution in [2.75, 3.05) is 13.6 Å². The van der Waals surface area contributed by atoms with Gasteiger partial charge >= 0.3 is 0 Å². The summed E-state index contributed by atoms with van der Waals surface area (Å²) in [6.07, 6.45) is 1.41. The lowest BCUT2D eigenvalue weighted by molar-refractivity contribution is -0.135. The molecular weight excluding hydrogens is 158 g/mol. The van der Waals surface area contributed by atoms with Crippen LogP contribution in [-0.4, -0.2) is 35.8 Å². The number of carbonyl (C=O) groups excluding carboxylic acids is 2. The summed E-state index contributed by atoms with van der Waals surface area (Å²) in [6.45, 7) is -0.0578. The Morgan fingerprint density at radius 3 is 2.33 bits per heavy atom. The molecule has 0 aromatic carbocycles. The molecule has 0 spiro atoms. The summed E-state index contributed by atoms with van der Waals surface area (Å²) in [4.78, 5) is 23.1. The molecule has 2 amide bonds. The fraction of sp³-hybridized carbons (Fsp3) is 0.714. The van der Waals surface area contributed by atoms with E-state index in [0.717, 1.165) is 0 Å². The van der Waals surface area contributed by atoms with Crippen LogP contribution in [0.4, 0.5) is 0 Å². The molecule has 0 heterocycles. The Morgan fingerprint density at radius 2 is 2.00 bits per heavy atom. The highest BCUT2D eigenvalue weighted by molar-refractivity contribution is 5.91. The van der Waals surface area contributed by atoms with E-state index in [0.29, 0.717) is 12.8 Å². The average molecular weight is 171 g/mol. The first-order valence-electron chi connectivity index (χ1n) is 3.78. The lowest BCUT2D eigenvalue weighted by Crippen LogP contribution is -2.46. The van der Waals surface area contributed by atoms with Gasteiger partial charge in [0.25, 0.3) is 0 Å². The minimum Gasteiger partial charge on any atom is -0.368 e. The van der Waals surface area contributed by atoms with E-state index >= 15 is 0 Å². The molecule has 5 nitrogen and oxygen atoms in total. The standard InChI is InChI=1S/C7H13N3O2/c1-10(4-5(8)11)6(12)7(9)2-3-7/h2-4,9H2,1H3,(H2,8,11). The van der Waals surface area contributed by atoms with E-state index in [1.54, 1.807) is 0 Å². The number of nitrogens with two attached hydrogens (primary N) is 2. The van der Waals surface area contributed by atoms with Crippen molar-refractivity contribution < 1.29 is 9.59 Å². The Kier molecular flexibility index (Phi) is 2.06. The van der Waals surface area contributed by atoms with Crippen molar-refractivity contribution in [1.82, 2.24) is 4.90 Å². The molecule has 0 unspecified atom stereocenters. The third-order valence-corrected chi connectivity index (χ3v) is 1.95. The summed E-state index contributed by atoms with van der Waals surface area (Å²) in [5.41, 5.74) is 9.84. The van der Waals surface area contributed by atoms with Gasteiger partial charge in [-0.05, 0) is 12.8 Å². The van der Waals surface area contributed by atoms with Crippen molar-refractivity contribution in [3.8, 4) is 0 Å². The Morgan fingerprint density at radius 1 is 1.50 bits per heavy atom. The number of rotatable bonds is 3. The third kappa shape index (κ3) is 1.73. The summed E-state index contributed by atoms with van der Waals surface area (Å²) in [5, 5.41) is 0. The lowest BCUT2D eigenvalue weighted by atomic mass is 10.2. The van der Waals surface area contributed by atoms with Crippen molar-refractivity contribution in [3.63, 3.8) is 0 Å². The number of primary amides is 1. The molecule has 0 aliphatic heterocycles. The van der Waals surface area contributed by atoms with E-state index in [9.17, 15) is 9.59 Å². The molecule has 68 valence electrons. The Labute approximate surface area is 70.7 Å². The van der Waals surface area contributed by atoms with Gasteiger partial charge in [0.1, 0.15) is 0 Å². The van der Waals surface area contributed by atoms with Crippen LogP contribution in [0.5, 0.6) is 0 Å². The third-order valence-electron chi connectivity index (χ3n) is 1.95. The van der Waals surface area contributed by atoms with Gasteiger partial charge in [0.05, 0.1) is 12.1 Å². The maximum atomic E-state index is 11.4. The number of nitrogens with zero attached hydrogens (tertiary/aromatic N) is 1. The summed E-state index contributed by atoms with van der Waals surface area (Å²) in [7, 11) is 1.53. The molecule has 1 saturated carbocycles. The molecule has 1 fully saturated rings. The second-order valence-corrected chi connectivity index (χ2v) is 3.28. The zero-order valence-corrected chi connectivity index (χ0v) is 7.04. The Balaban J connectivity index is 2.47. The van der Waals surface area contributed by atoms with Gasteiger partial charge in [0.15, 0.2) is 0 Å². The minimum absolute atomic E-state index is 0.0578. The van der Waals surface area contributed by atoms with Gasteiger partial charge in [-0.1, -0.05) is 0 Å². The van der Waals surface area contributed by atoms with Crippen LogP contribution in [0.3, 0.4) is 0 Å². The van der Waals surface area contributed by atoms with E-state index in [4.69, 9.17) is 11.5 Å². The predicted octanol–water partition coefficient (Wildman–Crippen LogP) is -1.58. The molecule has 0 saturated heterocycles. The monoisotopic (exact) mass is 171 g/mol. The van der Waals surface area contributed by atoms with E-state index < -0.39 is 11.4 Å². The smallest absolute Gasteiger partial charge is 0.242 e. The SMILES string of the molecule is CN(CC(N)=O)C(=O)C1(N)CC1. The first kappa shape index (κ1) is 8.99. The summed E-state index contributed by atoms with van der Waals surface area (Å²) in [6, 6.07) is 0. The number of amides is 2. The topological polar surface area (TPSA) is 89.4 Å². The van der Waals surface area contributed by atoms with Gasteiger partial charge in [-0.15, -0.1) is 0 Å². The Bertz CT molecular complexity index is 223. The van der Waals surface area contributed by atoms with E-state index in [1.807, 2.05) is 0 Å². The molecule has 0 radical (unpaired) electrons. The van der Waals surface area contributed by atoms with Gasteiger partial charge in [-0.25, -0.2) is 0 Å². The van der Waals surface area contributed by atoms with Crippen LogP contribution >= 0.6 is 0 Å². The average Bonchev–Trinajstić information content (AvgIpc) is 2.66. The molecule has 1 rings (SSSR count). The number of carbonyl (C=O) groups is 2. The van der Waals surface area contributed by atoms with Crippen LogP contribution in [0.2, 0.25) is 0 Å². The molecule has 12 heavy (non-hydrogen) atoms. The zero-order valence-electron chi connectivity index (χ0n) is 7.04. The molecule has 0 bridgehead atoms. The van der Waals surface area contributed by atoms with Crippen molar-refractivity contribution in [3.05, 3.63) is 0 Å². The van der Waals surface area contributed by atoms with Crippen molar-refractivity contribution in [2.24, 2.45) is 11.5 Å². The van der Waals surface area contributed by atoms with Crippen LogP contribution in [0, 0.1) is 0 Å². The predicted molar refractivity (Wildman–Crippen MR) is 43.0 cm³/mol. The number of hydrogen-bond acceptors (Lipinski definition) is 3. The summed E-state index contributed by atoms with van der Waals surface area (Å²) in [5.74, 6) is -0.712. The number of likely N-dealkylation sites (N-methyl/N-ethyl adjacent to an activating group) is 1. The molecule has 4 N–H and O–H groups in total. The largest absolute Gasteiger partial charge is 0.368 e. The lowest BCUT2D eigenvalue weighted by Gasteiger charge is -2.18. The van der Waals surface area contributed by atoms with Crippen LogP contribution in [-0.2, 0) is 9.59 Å². The van der Waals surface area contributed by atoms with Gasteiger partial charge < -0.3 is 16.4 Å². The van der Waals surface area contributed by atoms with E-state index in [-0.39, 0.29) is 12.5 Å². The fourth-order valence-corrected chi connectivity index (χ4v) is 1.03. The molecule has 1 aliphatic rings. The quantitative estimate of drug-likeness (QED) is 0.537. The molecule has 0 aromatic heterocycles. The second-order valence-electron chi connectivity index (χ2n) is 3.28. The van der Waals surface area contributed by atoms with Crippen LogP contribution in [0.1, 0.15) is 12.8 Å². The molecule has 5 heteroatoms. The van der Waals surface area contributed by atoms with Crippen molar-refractivity contribution in [2.45, 2.75) is 18.4 Å². The van der Waals surface area contributed by atoms with Gasteiger partial charge in [-0.2, -0.15) is 0 Å². The van der Waals surface area contributed by atoms with Gasteiger partial charge in [0.2, 0.25) is 11.8 Å². The van der Waals surface area contributed by atoms with Crippen molar-refractivity contribution in [1.29, 1.82) is 0 Å². The Hall–Kier alpha value is -1.10. The summed E-state index contributed by atoms with van der Waals surface area (Å²) >= 11 is 0. The van der Waals surface area contributed by atoms with Crippen LogP contribution in [0.25, 0.3) is 0 Å². The van der Waals surface area contributed by atoms with Crippen LogP contribution < -0.4 is 11.5 Å². The highest BCUT2D eigenvalue weighted by Gasteiger charge is 2.47. The molecular formula is C7H13N3O2. The van der Waals surface area contributed by atoms with E-state index in [1.165, 1.54) is 11.9 Å². The molecule has 0 aromatic rings. The maximum Gasteiger partial charge on any atom is 0.242 e. The molecule has 1 aliphatic carbocycles. The zero-order chi connectivity index (χ0) is 9.35. The maximum absolute atomic E-state index is 11.4. The van der Waals surface area contributed by atoms with E-state index in [2.05, 4.69) is 0 Å². The highest BCUT2D eigenvalue weighted by atomic mass is 16.2. The number of hydrogen-bond donors (Lipinski definition) is 2. The fourth-order valence-electron chi connectivity index (χ4n) is 1.03. The summed E-state index contributed by atoms with van der Waals surface area (Å²) < 4.78 is 0. The van der Waals surface area contributed by atoms with Crippen molar-refractivity contribution >= 4 is 11.8 Å². The highest BCUT2D eigenvalue weighted by Crippen LogP contribution is 2.33. The minimum atomic E-state index is -0.704. The second kappa shape index (κ2) is 2.75. The van der Waals surface area contributed by atoms with Crippen LogP contribution in [0.15, 0.2) is 0 Å². The van der Waals surface area contributed by atoms with Gasteiger partial charge in [-0.3, -0.25) is 9.59 Å². The first-order valence-corrected chi connectivity index (χ1v) is 3.78. The van der Waals surface area contributed by atoms with Gasteiger partial charge in [0, 0.05) is 7.05 Å².